The fourth-order valence-corrected chi connectivity index (χ4v) is 5.91. The number of alkyl carbamates (subject to hydrolysis) is 1. The third kappa shape index (κ3) is 3.75. The van der Waals surface area contributed by atoms with Crippen LogP contribution in [0.25, 0.3) is 0 Å². The van der Waals surface area contributed by atoms with Crippen molar-refractivity contribution >= 4 is 12.0 Å². The molecule has 2 aliphatic carbocycles. The summed E-state index contributed by atoms with van der Waals surface area (Å²) in [5.41, 5.74) is 0.851. The molecule has 1 spiro atoms. The van der Waals surface area contributed by atoms with E-state index in [1.165, 1.54) is 7.11 Å². The first-order valence-electron chi connectivity index (χ1n) is 11.1. The van der Waals surface area contributed by atoms with Gasteiger partial charge < -0.3 is 24.4 Å². The fraction of sp³-hybridized carbons (Fsp3) is 0.652. The molecule has 32 heavy (non-hydrogen) atoms. The zero-order valence-corrected chi connectivity index (χ0v) is 18.3. The van der Waals surface area contributed by atoms with Gasteiger partial charge in [0.25, 0.3) is 0 Å². The van der Waals surface area contributed by atoms with E-state index in [1.54, 1.807) is 12.1 Å². The molecule has 3 fully saturated rings. The van der Waals surface area contributed by atoms with Crippen molar-refractivity contribution in [2.45, 2.75) is 63.2 Å². The minimum Gasteiger partial charge on any atom is -0.453 e. The Balaban J connectivity index is 1.11. The Hall–Kier alpha value is -2.58. The van der Waals surface area contributed by atoms with Crippen LogP contribution in [0.2, 0.25) is 0 Å². The number of benzene rings is 1. The van der Waals surface area contributed by atoms with Gasteiger partial charge in [0.05, 0.1) is 7.11 Å². The molecule has 1 saturated heterocycles. The predicted octanol–water partition coefficient (Wildman–Crippen LogP) is 4.02. The van der Waals surface area contributed by atoms with Gasteiger partial charge in [-0.15, -0.1) is 8.78 Å². The van der Waals surface area contributed by atoms with Crippen LogP contribution in [0.1, 0.15) is 56.9 Å². The second-order valence-corrected chi connectivity index (χ2v) is 10.1. The zero-order chi connectivity index (χ0) is 22.7. The van der Waals surface area contributed by atoms with Gasteiger partial charge in [0, 0.05) is 24.5 Å². The Morgan fingerprint density at radius 1 is 1.09 bits per heavy atom. The third-order valence-electron chi connectivity index (χ3n) is 7.72. The number of carbonyl (C=O) groups excluding carboxylic acids is 2. The maximum Gasteiger partial charge on any atom is 0.586 e. The highest BCUT2D eigenvalue weighted by molar-refractivity contribution is 5.81. The quantitative estimate of drug-likeness (QED) is 0.753. The van der Waals surface area contributed by atoms with E-state index in [2.05, 4.69) is 19.5 Å². The Kier molecular flexibility index (Phi) is 4.80. The normalized spacial score (nSPS) is 29.8. The average Bonchev–Trinajstić information content (AvgIpc) is 3.02. The maximum absolute atomic E-state index is 13.3. The largest absolute Gasteiger partial charge is 0.586 e. The van der Waals surface area contributed by atoms with E-state index in [9.17, 15) is 18.4 Å². The molecular formula is C23H28F2N2O5. The number of piperidine rings is 1. The smallest absolute Gasteiger partial charge is 0.453 e. The lowest BCUT2D eigenvalue weighted by molar-refractivity contribution is -0.286. The number of nitrogens with zero attached hydrogens (tertiary/aromatic N) is 1. The fourth-order valence-electron chi connectivity index (χ4n) is 5.91. The van der Waals surface area contributed by atoms with Crippen LogP contribution in [0.15, 0.2) is 18.2 Å². The van der Waals surface area contributed by atoms with Gasteiger partial charge in [-0.2, -0.15) is 0 Å². The van der Waals surface area contributed by atoms with Crippen LogP contribution in [0, 0.1) is 11.3 Å². The van der Waals surface area contributed by atoms with E-state index in [0.717, 1.165) is 44.3 Å². The van der Waals surface area contributed by atoms with Gasteiger partial charge in [-0.25, -0.2) is 4.79 Å². The molecule has 0 radical (unpaired) electrons. The minimum atomic E-state index is -3.59. The number of fused-ring (bicyclic) bond motifs is 1. The van der Waals surface area contributed by atoms with Crippen LogP contribution in [0.3, 0.4) is 0 Å². The number of nitrogens with one attached hydrogen (secondary N) is 1. The topological polar surface area (TPSA) is 77.1 Å². The summed E-state index contributed by atoms with van der Waals surface area (Å²) in [6.07, 6.45) is 1.13. The SMILES string of the molecule is COC(=O)NC1(C)CC(C(=O)N2CCC3(CC2)CC(c2ccc4c(c2)OC(F)(F)O4)C3)C1. The standard InChI is InChI=1S/C23H28F2N2O5/c1-21(26-20(29)30-2)10-16(11-21)19(28)27-7-5-22(6-8-27)12-15(13-22)14-3-4-17-18(9-14)32-23(24,25)31-17/h3-4,9,15-16H,5-8,10-13H2,1-2H3,(H,26,29). The summed E-state index contributed by atoms with van der Waals surface area (Å²) in [5.74, 6) is 0.623. The van der Waals surface area contributed by atoms with Crippen LogP contribution in [-0.2, 0) is 9.53 Å². The molecule has 0 bridgehead atoms. The highest BCUT2D eigenvalue weighted by Crippen LogP contribution is 2.58. The van der Waals surface area contributed by atoms with Crippen LogP contribution < -0.4 is 14.8 Å². The van der Waals surface area contributed by atoms with E-state index in [0.29, 0.717) is 18.8 Å². The van der Waals surface area contributed by atoms with Gasteiger partial charge in [-0.05, 0) is 74.5 Å². The molecular weight excluding hydrogens is 422 g/mol. The van der Waals surface area contributed by atoms with E-state index in [1.807, 2.05) is 17.9 Å². The summed E-state index contributed by atoms with van der Waals surface area (Å²) in [4.78, 5) is 26.3. The van der Waals surface area contributed by atoms with Crippen molar-refractivity contribution in [3.8, 4) is 11.5 Å². The lowest BCUT2D eigenvalue weighted by Gasteiger charge is -2.53. The molecule has 2 heterocycles. The van der Waals surface area contributed by atoms with E-state index >= 15 is 0 Å². The molecule has 174 valence electrons. The first-order valence-corrected chi connectivity index (χ1v) is 11.1. The number of methoxy groups -OCH3 is 1. The number of amides is 2. The number of hydrogen-bond donors (Lipinski definition) is 1. The molecule has 5 rings (SSSR count). The molecule has 2 amide bonds. The Labute approximate surface area is 185 Å². The molecule has 1 N–H and O–H groups in total. The van der Waals surface area contributed by atoms with Gasteiger partial charge >= 0.3 is 12.4 Å². The second kappa shape index (κ2) is 7.22. The number of ether oxygens (including phenoxy) is 3. The number of rotatable bonds is 3. The average molecular weight is 450 g/mol. The summed E-state index contributed by atoms with van der Waals surface area (Å²) in [7, 11) is 1.33. The molecule has 1 aromatic carbocycles. The summed E-state index contributed by atoms with van der Waals surface area (Å²) in [6, 6.07) is 5.07. The minimum absolute atomic E-state index is 0.0490. The van der Waals surface area contributed by atoms with E-state index in [4.69, 9.17) is 0 Å². The second-order valence-electron chi connectivity index (χ2n) is 10.1. The van der Waals surface area contributed by atoms with Crippen molar-refractivity contribution in [2.24, 2.45) is 11.3 Å². The Morgan fingerprint density at radius 3 is 2.41 bits per heavy atom. The molecule has 4 aliphatic rings. The predicted molar refractivity (Wildman–Crippen MR) is 110 cm³/mol. The van der Waals surface area contributed by atoms with E-state index in [-0.39, 0.29) is 34.3 Å². The van der Waals surface area contributed by atoms with Crippen LogP contribution in [0.5, 0.6) is 11.5 Å². The van der Waals surface area contributed by atoms with Crippen molar-refractivity contribution < 1.29 is 32.6 Å². The van der Waals surface area contributed by atoms with Crippen LogP contribution >= 0.6 is 0 Å². The summed E-state index contributed by atoms with van der Waals surface area (Å²) >= 11 is 0. The van der Waals surface area contributed by atoms with E-state index < -0.39 is 12.4 Å². The van der Waals surface area contributed by atoms with Crippen molar-refractivity contribution in [3.05, 3.63) is 23.8 Å². The molecule has 0 unspecified atom stereocenters. The van der Waals surface area contributed by atoms with Crippen molar-refractivity contribution in [1.82, 2.24) is 10.2 Å². The molecule has 2 saturated carbocycles. The summed E-state index contributed by atoms with van der Waals surface area (Å²) in [5, 5.41) is 2.81. The highest BCUT2D eigenvalue weighted by atomic mass is 19.3. The number of halogens is 2. The van der Waals surface area contributed by atoms with Gasteiger partial charge in [-0.3, -0.25) is 4.79 Å². The third-order valence-corrected chi connectivity index (χ3v) is 7.72. The van der Waals surface area contributed by atoms with Crippen molar-refractivity contribution in [1.29, 1.82) is 0 Å². The van der Waals surface area contributed by atoms with Gasteiger partial charge in [0.1, 0.15) is 0 Å². The summed E-state index contributed by atoms with van der Waals surface area (Å²) in [6.45, 7) is 3.43. The Bertz CT molecular complexity index is 930. The highest BCUT2D eigenvalue weighted by Gasteiger charge is 2.50. The monoisotopic (exact) mass is 450 g/mol. The number of carbonyl (C=O) groups is 2. The molecule has 7 nitrogen and oxygen atoms in total. The van der Waals surface area contributed by atoms with Gasteiger partial charge in [-0.1, -0.05) is 6.07 Å². The first-order chi connectivity index (χ1) is 15.1. The zero-order valence-electron chi connectivity index (χ0n) is 18.3. The lowest BCUT2D eigenvalue weighted by atomic mass is 9.56. The molecule has 2 aliphatic heterocycles. The number of alkyl halides is 2. The van der Waals surface area contributed by atoms with Gasteiger partial charge in [0.2, 0.25) is 5.91 Å². The molecule has 9 heteroatoms. The number of likely N-dealkylation sites (tertiary alicyclic amines) is 1. The first kappa shape index (κ1) is 21.3. The molecule has 1 aromatic rings. The number of hydrogen-bond acceptors (Lipinski definition) is 5. The molecule has 0 atom stereocenters. The molecule has 0 aromatic heterocycles. The van der Waals surface area contributed by atoms with Crippen LogP contribution in [0.4, 0.5) is 13.6 Å². The lowest BCUT2D eigenvalue weighted by Crippen LogP contribution is -2.59. The maximum atomic E-state index is 13.3. The van der Waals surface area contributed by atoms with Crippen LogP contribution in [-0.4, -0.2) is 48.9 Å². The van der Waals surface area contributed by atoms with Gasteiger partial charge in [0.15, 0.2) is 11.5 Å². The Morgan fingerprint density at radius 2 is 1.75 bits per heavy atom. The van der Waals surface area contributed by atoms with Crippen molar-refractivity contribution in [2.75, 3.05) is 20.2 Å². The van der Waals surface area contributed by atoms with Crippen molar-refractivity contribution in [3.63, 3.8) is 0 Å². The summed E-state index contributed by atoms with van der Waals surface area (Å²) < 4.78 is 40.2.